The Labute approximate surface area is 216 Å². The number of rotatable bonds is 6. The maximum atomic E-state index is 13.6. The highest BCUT2D eigenvalue weighted by Gasteiger charge is 2.41. The summed E-state index contributed by atoms with van der Waals surface area (Å²) >= 11 is 0. The van der Waals surface area contributed by atoms with Crippen molar-refractivity contribution in [3.05, 3.63) is 102 Å². The first-order valence-electron chi connectivity index (χ1n) is 12.4. The van der Waals surface area contributed by atoms with Gasteiger partial charge in [0.25, 0.3) is 5.91 Å². The van der Waals surface area contributed by atoms with Gasteiger partial charge >= 0.3 is 0 Å². The van der Waals surface area contributed by atoms with Crippen LogP contribution in [0.1, 0.15) is 35.2 Å². The third kappa shape index (κ3) is 5.12. The maximum Gasteiger partial charge on any atom is 0.258 e. The molecule has 2 aromatic carbocycles. The molecule has 5 rings (SSSR count). The zero-order valence-electron chi connectivity index (χ0n) is 20.7. The highest BCUT2D eigenvalue weighted by molar-refractivity contribution is 5.99. The van der Waals surface area contributed by atoms with Gasteiger partial charge in [0.05, 0.1) is 18.4 Å². The monoisotopic (exact) mass is 498 g/mol. The van der Waals surface area contributed by atoms with Crippen LogP contribution in [-0.2, 0) is 15.2 Å². The van der Waals surface area contributed by atoms with Gasteiger partial charge in [-0.1, -0.05) is 48.5 Å². The number of carbonyl (C=O) groups is 2. The molecule has 190 valence electrons. The van der Waals surface area contributed by atoms with Gasteiger partial charge in [0, 0.05) is 43.7 Å². The van der Waals surface area contributed by atoms with Gasteiger partial charge in [-0.05, 0) is 47.7 Å². The minimum atomic E-state index is -0.958. The fourth-order valence-electron chi connectivity index (χ4n) is 5.06. The molecule has 2 amide bonds. The summed E-state index contributed by atoms with van der Waals surface area (Å²) in [6.07, 6.45) is 6.34. The van der Waals surface area contributed by atoms with Crippen molar-refractivity contribution in [2.45, 2.75) is 30.9 Å². The highest BCUT2D eigenvalue weighted by Crippen LogP contribution is 2.34. The number of amides is 2. The molecule has 1 unspecified atom stereocenters. The average molecular weight is 499 g/mol. The lowest BCUT2D eigenvalue weighted by Gasteiger charge is -2.40. The van der Waals surface area contributed by atoms with Crippen LogP contribution in [-0.4, -0.2) is 57.9 Å². The first kappa shape index (κ1) is 24.7. The van der Waals surface area contributed by atoms with E-state index in [9.17, 15) is 14.7 Å². The van der Waals surface area contributed by atoms with Gasteiger partial charge in [0.15, 0.2) is 0 Å². The van der Waals surface area contributed by atoms with Crippen molar-refractivity contribution in [3.8, 4) is 11.1 Å². The fraction of sp³-hybridized carbons (Fsp3) is 0.276. The lowest BCUT2D eigenvalue weighted by molar-refractivity contribution is -0.139. The minimum absolute atomic E-state index is 0.139. The van der Waals surface area contributed by atoms with Gasteiger partial charge in [0.1, 0.15) is 6.04 Å². The molecule has 0 spiro atoms. The van der Waals surface area contributed by atoms with E-state index in [2.05, 4.69) is 10.5 Å². The largest absolute Gasteiger partial charge is 0.385 e. The first-order valence-corrected chi connectivity index (χ1v) is 12.4. The molecular formula is C29H30N4O4. The number of hydroxylamine groups is 1. The van der Waals surface area contributed by atoms with Gasteiger partial charge in [-0.3, -0.25) is 24.9 Å². The van der Waals surface area contributed by atoms with Gasteiger partial charge in [-0.2, -0.15) is 0 Å². The molecule has 3 aromatic rings. The summed E-state index contributed by atoms with van der Waals surface area (Å²) in [5, 5.41) is 11.2. The predicted octanol–water partition coefficient (Wildman–Crippen LogP) is 3.47. The Morgan fingerprint density at radius 1 is 1.00 bits per heavy atom. The van der Waals surface area contributed by atoms with E-state index < -0.39 is 11.6 Å². The number of hydrogen-bond acceptors (Lipinski definition) is 6. The SMILES string of the molecule is CONC1=CN(C(=O)c2ccc(-c3cccnc3)cc2)C(C(=O)N2CCC(O)(c3ccccc3)CC2)C1. The van der Waals surface area contributed by atoms with E-state index in [4.69, 9.17) is 4.84 Å². The zero-order chi connectivity index (χ0) is 25.8. The molecule has 1 atom stereocenters. The van der Waals surface area contributed by atoms with E-state index in [0.717, 1.165) is 16.7 Å². The average Bonchev–Trinajstić information content (AvgIpc) is 3.38. The maximum absolute atomic E-state index is 13.6. The molecule has 1 aromatic heterocycles. The number of likely N-dealkylation sites (tertiary alicyclic amines) is 1. The third-order valence-corrected chi connectivity index (χ3v) is 7.14. The lowest BCUT2D eigenvalue weighted by atomic mass is 9.84. The molecule has 2 aliphatic heterocycles. The van der Waals surface area contributed by atoms with Crippen molar-refractivity contribution in [1.29, 1.82) is 0 Å². The normalized spacial score (nSPS) is 18.9. The Bertz CT molecular complexity index is 1270. The molecule has 8 nitrogen and oxygen atoms in total. The summed E-state index contributed by atoms with van der Waals surface area (Å²) in [6.45, 7) is 0.825. The van der Waals surface area contributed by atoms with Gasteiger partial charge in [-0.15, -0.1) is 0 Å². The summed E-state index contributed by atoms with van der Waals surface area (Å²) in [4.78, 5) is 39.6. The molecule has 2 aliphatic rings. The zero-order valence-corrected chi connectivity index (χ0v) is 20.7. The number of carbonyl (C=O) groups excluding carboxylic acids is 2. The molecule has 37 heavy (non-hydrogen) atoms. The second-order valence-electron chi connectivity index (χ2n) is 9.43. The molecule has 0 radical (unpaired) electrons. The van der Waals surface area contributed by atoms with Crippen LogP contribution in [0.3, 0.4) is 0 Å². The molecule has 1 saturated heterocycles. The van der Waals surface area contributed by atoms with Gasteiger partial charge in [0.2, 0.25) is 5.91 Å². The van der Waals surface area contributed by atoms with Crippen molar-refractivity contribution in [2.24, 2.45) is 0 Å². The molecule has 3 heterocycles. The van der Waals surface area contributed by atoms with Crippen LogP contribution in [0.25, 0.3) is 11.1 Å². The van der Waals surface area contributed by atoms with Crippen molar-refractivity contribution in [1.82, 2.24) is 20.3 Å². The van der Waals surface area contributed by atoms with Crippen LogP contribution in [0.2, 0.25) is 0 Å². The van der Waals surface area contributed by atoms with Gasteiger partial charge in [-0.25, -0.2) is 0 Å². The quantitative estimate of drug-likeness (QED) is 0.506. The minimum Gasteiger partial charge on any atom is -0.385 e. The smallest absolute Gasteiger partial charge is 0.258 e. The number of pyridine rings is 1. The predicted molar refractivity (Wildman–Crippen MR) is 139 cm³/mol. The third-order valence-electron chi connectivity index (χ3n) is 7.14. The number of benzene rings is 2. The Morgan fingerprint density at radius 2 is 1.73 bits per heavy atom. The van der Waals surface area contributed by atoms with Crippen LogP contribution < -0.4 is 5.48 Å². The molecule has 0 bridgehead atoms. The van der Waals surface area contributed by atoms with Crippen LogP contribution in [0.5, 0.6) is 0 Å². The molecule has 2 N–H and O–H groups in total. The van der Waals surface area contributed by atoms with E-state index in [1.807, 2.05) is 54.6 Å². The summed E-state index contributed by atoms with van der Waals surface area (Å²) < 4.78 is 0. The van der Waals surface area contributed by atoms with Crippen LogP contribution in [0, 0.1) is 0 Å². The molecule has 8 heteroatoms. The van der Waals surface area contributed by atoms with Crippen molar-refractivity contribution < 1.29 is 19.5 Å². The molecule has 1 fully saturated rings. The molecular weight excluding hydrogens is 468 g/mol. The Hall–Kier alpha value is -4.01. The Balaban J connectivity index is 1.31. The molecule has 0 saturated carbocycles. The van der Waals surface area contributed by atoms with Crippen LogP contribution in [0.15, 0.2) is 91.0 Å². The topological polar surface area (TPSA) is 95.0 Å². The number of nitrogens with one attached hydrogen (secondary N) is 1. The summed E-state index contributed by atoms with van der Waals surface area (Å²) in [5.41, 5.74) is 5.74. The second-order valence-corrected chi connectivity index (χ2v) is 9.43. The lowest BCUT2D eigenvalue weighted by Crippen LogP contribution is -2.52. The van der Waals surface area contributed by atoms with Crippen LogP contribution in [0.4, 0.5) is 0 Å². The van der Waals surface area contributed by atoms with E-state index in [0.29, 0.717) is 43.6 Å². The van der Waals surface area contributed by atoms with E-state index in [-0.39, 0.29) is 11.8 Å². The molecule has 0 aliphatic carbocycles. The van der Waals surface area contributed by atoms with E-state index in [1.54, 1.807) is 35.6 Å². The number of aliphatic hydroxyl groups is 1. The summed E-state index contributed by atoms with van der Waals surface area (Å²) in [5.74, 6) is -0.401. The van der Waals surface area contributed by atoms with Crippen LogP contribution >= 0.6 is 0 Å². The Morgan fingerprint density at radius 3 is 2.38 bits per heavy atom. The van der Waals surface area contributed by atoms with E-state index >= 15 is 0 Å². The number of aromatic nitrogens is 1. The van der Waals surface area contributed by atoms with Crippen molar-refractivity contribution >= 4 is 11.8 Å². The second kappa shape index (κ2) is 10.5. The highest BCUT2D eigenvalue weighted by atomic mass is 16.6. The van der Waals surface area contributed by atoms with Crippen molar-refractivity contribution in [2.75, 3.05) is 20.2 Å². The van der Waals surface area contributed by atoms with E-state index in [1.165, 1.54) is 12.0 Å². The standard InChI is InChI=1S/C29H30N4O4/c1-37-31-25-18-26(28(35)32-16-13-29(36,14-17-32)24-7-3-2-4-8-24)33(20-25)27(34)22-11-9-21(10-12-22)23-6-5-15-30-19-23/h2-12,15,19-20,26,31,36H,13-14,16-18H2,1H3. The first-order chi connectivity index (χ1) is 18.0. The number of hydrogen-bond donors (Lipinski definition) is 2. The van der Waals surface area contributed by atoms with Gasteiger partial charge < -0.3 is 14.9 Å². The summed E-state index contributed by atoms with van der Waals surface area (Å²) in [7, 11) is 1.49. The number of nitrogens with zero attached hydrogens (tertiary/aromatic N) is 3. The summed E-state index contributed by atoms with van der Waals surface area (Å²) in [6, 6.07) is 20.0. The fourth-order valence-corrected chi connectivity index (χ4v) is 5.06. The Kier molecular flexibility index (Phi) is 7.03. The van der Waals surface area contributed by atoms with Crippen molar-refractivity contribution in [3.63, 3.8) is 0 Å². The number of piperidine rings is 1.